The third kappa shape index (κ3) is 9.84. The van der Waals surface area contributed by atoms with Crippen LogP contribution in [-0.2, 0) is 19.1 Å². The van der Waals surface area contributed by atoms with Crippen molar-refractivity contribution in [1.82, 2.24) is 0 Å². The molecule has 0 bridgehead atoms. The maximum absolute atomic E-state index is 11.6. The lowest BCUT2D eigenvalue weighted by Crippen LogP contribution is -2.15. The molecule has 0 radical (unpaired) electrons. The summed E-state index contributed by atoms with van der Waals surface area (Å²) in [5.74, 6) is -1.59. The molecule has 20 heavy (non-hydrogen) atoms. The van der Waals surface area contributed by atoms with E-state index in [1.807, 2.05) is 0 Å². The van der Waals surface area contributed by atoms with Gasteiger partial charge >= 0.3 is 11.9 Å². The van der Waals surface area contributed by atoms with Crippen molar-refractivity contribution in [3.63, 3.8) is 0 Å². The Morgan fingerprint density at radius 1 is 1.05 bits per heavy atom. The highest BCUT2D eigenvalue weighted by Gasteiger charge is 2.15. The molecule has 4 nitrogen and oxygen atoms in total. The van der Waals surface area contributed by atoms with Gasteiger partial charge in [-0.2, -0.15) is 0 Å². The maximum atomic E-state index is 11.6. The lowest BCUT2D eigenvalue weighted by atomic mass is 10.1. The van der Waals surface area contributed by atoms with Gasteiger partial charge in [-0.05, 0) is 25.8 Å². The quantitative estimate of drug-likeness (QED) is 0.190. The van der Waals surface area contributed by atoms with Gasteiger partial charge in [0.15, 0.2) is 0 Å². The molecule has 0 aliphatic rings. The van der Waals surface area contributed by atoms with E-state index in [2.05, 4.69) is 6.92 Å². The van der Waals surface area contributed by atoms with Gasteiger partial charge in [-0.25, -0.2) is 4.79 Å². The van der Waals surface area contributed by atoms with Gasteiger partial charge in [0.2, 0.25) is 5.76 Å². The second-order valence-corrected chi connectivity index (χ2v) is 4.72. The van der Waals surface area contributed by atoms with Crippen LogP contribution in [0.25, 0.3) is 0 Å². The summed E-state index contributed by atoms with van der Waals surface area (Å²) in [6, 6.07) is 0. The van der Waals surface area contributed by atoms with Crippen molar-refractivity contribution in [3.05, 3.63) is 11.8 Å². The zero-order valence-corrected chi connectivity index (χ0v) is 13.2. The fourth-order valence-corrected chi connectivity index (χ4v) is 1.73. The number of carbonyl (C=O) groups is 2. The molecule has 0 aromatic rings. The first kappa shape index (κ1) is 19.0. The van der Waals surface area contributed by atoms with Crippen molar-refractivity contribution in [1.29, 1.82) is 0 Å². The summed E-state index contributed by atoms with van der Waals surface area (Å²) in [6.45, 7) is 4.12. The molecule has 0 aromatic heterocycles. The summed E-state index contributed by atoms with van der Waals surface area (Å²) in [4.78, 5) is 22.7. The standard InChI is InChI=1S/C15H25ClO4/c1-3-5-6-7-8-9-10-11-13(15(18)19-4-2)20-14(17)12-16/h11H,3-10,12H2,1-2H3. The number of carbonyl (C=O) groups excluding carboxylic acids is 2. The predicted octanol–water partition coefficient (Wildman–Crippen LogP) is 3.97. The molecule has 0 amide bonds. The average molecular weight is 305 g/mol. The second kappa shape index (κ2) is 13.0. The molecule has 0 N–H and O–H groups in total. The first-order valence-electron chi connectivity index (χ1n) is 7.29. The Balaban J connectivity index is 4.14. The average Bonchev–Trinajstić information content (AvgIpc) is 2.45. The van der Waals surface area contributed by atoms with Crippen LogP contribution in [0.3, 0.4) is 0 Å². The van der Waals surface area contributed by atoms with Crippen molar-refractivity contribution >= 4 is 23.5 Å². The van der Waals surface area contributed by atoms with E-state index in [1.165, 1.54) is 25.7 Å². The van der Waals surface area contributed by atoms with Gasteiger partial charge in [-0.15, -0.1) is 11.6 Å². The van der Waals surface area contributed by atoms with Crippen LogP contribution in [0, 0.1) is 0 Å². The van der Waals surface area contributed by atoms with Crippen LogP contribution in [0.5, 0.6) is 0 Å². The first-order chi connectivity index (χ1) is 9.65. The summed E-state index contributed by atoms with van der Waals surface area (Å²) in [5, 5.41) is 0. The smallest absolute Gasteiger partial charge is 0.374 e. The highest BCUT2D eigenvalue weighted by molar-refractivity contribution is 6.26. The van der Waals surface area contributed by atoms with Crippen LogP contribution in [0.15, 0.2) is 11.8 Å². The van der Waals surface area contributed by atoms with Gasteiger partial charge in [-0.1, -0.05) is 39.0 Å². The third-order valence-electron chi connectivity index (χ3n) is 2.70. The number of rotatable bonds is 11. The van der Waals surface area contributed by atoms with E-state index >= 15 is 0 Å². The molecule has 0 rings (SSSR count). The van der Waals surface area contributed by atoms with Crippen LogP contribution < -0.4 is 0 Å². The van der Waals surface area contributed by atoms with Crippen molar-refractivity contribution in [2.45, 2.75) is 58.8 Å². The van der Waals surface area contributed by atoms with E-state index in [0.29, 0.717) is 6.42 Å². The molecule has 0 saturated carbocycles. The molecule has 5 heteroatoms. The van der Waals surface area contributed by atoms with Crippen LogP contribution in [0.4, 0.5) is 0 Å². The third-order valence-corrected chi connectivity index (χ3v) is 2.92. The van der Waals surface area contributed by atoms with E-state index in [1.54, 1.807) is 13.0 Å². The van der Waals surface area contributed by atoms with Crippen molar-refractivity contribution in [2.24, 2.45) is 0 Å². The summed E-state index contributed by atoms with van der Waals surface area (Å²) < 4.78 is 9.71. The van der Waals surface area contributed by atoms with E-state index in [4.69, 9.17) is 21.1 Å². The molecule has 0 aliphatic carbocycles. The van der Waals surface area contributed by atoms with Crippen LogP contribution in [0.2, 0.25) is 0 Å². The minimum Gasteiger partial charge on any atom is -0.460 e. The molecule has 0 spiro atoms. The zero-order chi connectivity index (χ0) is 15.2. The molecule has 0 fully saturated rings. The molecule has 0 saturated heterocycles. The van der Waals surface area contributed by atoms with Gasteiger partial charge < -0.3 is 9.47 Å². The number of esters is 2. The van der Waals surface area contributed by atoms with Gasteiger partial charge in [0.1, 0.15) is 5.88 Å². The minimum absolute atomic E-state index is 0.0499. The summed E-state index contributed by atoms with van der Waals surface area (Å²) in [7, 11) is 0. The monoisotopic (exact) mass is 304 g/mol. The van der Waals surface area contributed by atoms with Crippen LogP contribution in [0.1, 0.15) is 58.8 Å². The Kier molecular flexibility index (Phi) is 12.3. The number of halogens is 1. The molecular formula is C15H25ClO4. The van der Waals surface area contributed by atoms with Crippen LogP contribution >= 0.6 is 11.6 Å². The second-order valence-electron chi connectivity index (χ2n) is 4.45. The normalized spacial score (nSPS) is 11.2. The van der Waals surface area contributed by atoms with E-state index in [9.17, 15) is 9.59 Å². The first-order valence-corrected chi connectivity index (χ1v) is 7.83. The van der Waals surface area contributed by atoms with Gasteiger partial charge in [-0.3, -0.25) is 4.79 Å². The number of hydrogen-bond acceptors (Lipinski definition) is 4. The predicted molar refractivity (Wildman–Crippen MR) is 79.5 cm³/mol. The molecule has 0 unspecified atom stereocenters. The number of ether oxygens (including phenoxy) is 2. The Morgan fingerprint density at radius 2 is 1.70 bits per heavy atom. The SMILES string of the molecule is CCCCCCCCC=C(OC(=O)CCl)C(=O)OCC. The molecule has 116 valence electrons. The number of unbranched alkanes of at least 4 members (excludes halogenated alkanes) is 6. The fraction of sp³-hybridized carbons (Fsp3) is 0.733. The topological polar surface area (TPSA) is 52.6 Å². The van der Waals surface area contributed by atoms with E-state index in [-0.39, 0.29) is 18.2 Å². The summed E-state index contributed by atoms with van der Waals surface area (Å²) in [6.07, 6.45) is 9.29. The lowest BCUT2D eigenvalue weighted by Gasteiger charge is -2.07. The highest BCUT2D eigenvalue weighted by atomic mass is 35.5. The molecule has 0 heterocycles. The Hall–Kier alpha value is -1.03. The van der Waals surface area contributed by atoms with Crippen molar-refractivity contribution in [2.75, 3.05) is 12.5 Å². The zero-order valence-electron chi connectivity index (χ0n) is 12.5. The number of allylic oxidation sites excluding steroid dienone is 1. The lowest BCUT2D eigenvalue weighted by molar-refractivity contribution is -0.149. The van der Waals surface area contributed by atoms with E-state index < -0.39 is 11.9 Å². The van der Waals surface area contributed by atoms with Gasteiger partial charge in [0.25, 0.3) is 0 Å². The van der Waals surface area contributed by atoms with Crippen molar-refractivity contribution < 1.29 is 19.1 Å². The Labute approximate surface area is 126 Å². The summed E-state index contributed by atoms with van der Waals surface area (Å²) in [5.41, 5.74) is 0. The molecular weight excluding hydrogens is 280 g/mol. The Morgan fingerprint density at radius 3 is 2.30 bits per heavy atom. The number of hydrogen-bond donors (Lipinski definition) is 0. The van der Waals surface area contributed by atoms with Gasteiger partial charge in [0.05, 0.1) is 6.61 Å². The minimum atomic E-state index is -0.645. The van der Waals surface area contributed by atoms with E-state index in [0.717, 1.165) is 12.8 Å². The maximum Gasteiger partial charge on any atom is 0.374 e. The summed E-state index contributed by atoms with van der Waals surface area (Å²) >= 11 is 5.36. The van der Waals surface area contributed by atoms with Crippen molar-refractivity contribution in [3.8, 4) is 0 Å². The number of alkyl halides is 1. The molecule has 0 aromatic carbocycles. The largest absolute Gasteiger partial charge is 0.460 e. The van der Waals surface area contributed by atoms with Gasteiger partial charge in [0, 0.05) is 0 Å². The fourth-order valence-electron chi connectivity index (χ4n) is 1.68. The Bertz CT molecular complexity index is 313. The molecule has 0 atom stereocenters. The molecule has 0 aliphatic heterocycles. The highest BCUT2D eigenvalue weighted by Crippen LogP contribution is 2.10. The van der Waals surface area contributed by atoms with Crippen LogP contribution in [-0.4, -0.2) is 24.4 Å².